The van der Waals surface area contributed by atoms with Gasteiger partial charge in [0.1, 0.15) is 0 Å². The second-order valence-corrected chi connectivity index (χ2v) is 5.29. The van der Waals surface area contributed by atoms with E-state index in [0.717, 1.165) is 29.6 Å². The van der Waals surface area contributed by atoms with E-state index in [-0.39, 0.29) is 5.56 Å². The van der Waals surface area contributed by atoms with Crippen LogP contribution in [-0.2, 0) is 0 Å². The molecule has 3 rings (SSSR count). The monoisotopic (exact) mass is 242 g/mol. The van der Waals surface area contributed by atoms with Crippen molar-refractivity contribution >= 4 is 10.8 Å². The molecule has 3 nitrogen and oxygen atoms in total. The molecule has 18 heavy (non-hydrogen) atoms. The van der Waals surface area contributed by atoms with Crippen molar-refractivity contribution in [3.63, 3.8) is 0 Å². The molecule has 1 aromatic carbocycles. The molecular weight excluding hydrogens is 224 g/mol. The summed E-state index contributed by atoms with van der Waals surface area (Å²) in [7, 11) is 2.16. The van der Waals surface area contributed by atoms with Gasteiger partial charge in [-0.2, -0.15) is 0 Å². The molecule has 0 bridgehead atoms. The molecule has 94 valence electrons. The number of aromatic nitrogens is 1. The molecule has 1 saturated heterocycles. The first-order valence-electron chi connectivity index (χ1n) is 6.47. The number of aromatic amines is 1. The van der Waals surface area contributed by atoms with E-state index < -0.39 is 0 Å². The molecule has 0 saturated carbocycles. The van der Waals surface area contributed by atoms with Gasteiger partial charge in [-0.05, 0) is 44.0 Å². The molecule has 1 atom stereocenters. The van der Waals surface area contributed by atoms with Crippen LogP contribution in [0.2, 0.25) is 0 Å². The first-order valence-corrected chi connectivity index (χ1v) is 6.47. The van der Waals surface area contributed by atoms with Crippen molar-refractivity contribution < 1.29 is 0 Å². The van der Waals surface area contributed by atoms with Gasteiger partial charge < -0.3 is 9.88 Å². The molecule has 3 heteroatoms. The zero-order valence-corrected chi connectivity index (χ0v) is 10.9. The van der Waals surface area contributed by atoms with Gasteiger partial charge in [0.2, 0.25) is 0 Å². The van der Waals surface area contributed by atoms with E-state index in [2.05, 4.69) is 23.0 Å². The van der Waals surface area contributed by atoms with E-state index in [0.29, 0.717) is 5.92 Å². The summed E-state index contributed by atoms with van der Waals surface area (Å²) in [5, 5.41) is 1.94. The minimum Gasteiger partial charge on any atom is -0.326 e. The summed E-state index contributed by atoms with van der Waals surface area (Å²) in [6, 6.07) is 7.93. The van der Waals surface area contributed by atoms with Gasteiger partial charge in [0.05, 0.1) is 0 Å². The standard InChI is InChI=1S/C15H18N2O/c1-10-14(11-7-8-17(2)9-11)12-5-3-4-6-13(12)15(18)16-10/h3-6,11H,7-9H2,1-2H3,(H,16,18). The zero-order valence-electron chi connectivity index (χ0n) is 10.9. The molecule has 1 N–H and O–H groups in total. The number of aryl methyl sites for hydroxylation is 1. The molecule has 1 aliphatic heterocycles. The maximum absolute atomic E-state index is 12.0. The van der Waals surface area contributed by atoms with Gasteiger partial charge in [0, 0.05) is 23.5 Å². The van der Waals surface area contributed by atoms with E-state index in [4.69, 9.17) is 0 Å². The molecule has 0 amide bonds. The third-order valence-corrected chi connectivity index (χ3v) is 3.97. The van der Waals surface area contributed by atoms with Gasteiger partial charge in [-0.25, -0.2) is 0 Å². The third kappa shape index (κ3) is 1.75. The predicted octanol–water partition coefficient (Wildman–Crippen LogP) is 2.26. The van der Waals surface area contributed by atoms with Gasteiger partial charge in [-0.1, -0.05) is 18.2 Å². The second kappa shape index (κ2) is 4.25. The van der Waals surface area contributed by atoms with Crippen LogP contribution in [0.15, 0.2) is 29.1 Å². The molecule has 1 aromatic heterocycles. The Morgan fingerprint density at radius 3 is 2.67 bits per heavy atom. The smallest absolute Gasteiger partial charge is 0.256 e. The largest absolute Gasteiger partial charge is 0.326 e. The lowest BCUT2D eigenvalue weighted by Gasteiger charge is -2.16. The van der Waals surface area contributed by atoms with Crippen molar-refractivity contribution in [1.29, 1.82) is 0 Å². The average molecular weight is 242 g/mol. The van der Waals surface area contributed by atoms with E-state index in [1.807, 2.05) is 25.1 Å². The highest BCUT2D eigenvalue weighted by Gasteiger charge is 2.24. The number of nitrogens with one attached hydrogen (secondary N) is 1. The number of H-pyrrole nitrogens is 1. The molecule has 2 heterocycles. The molecule has 1 fully saturated rings. The lowest BCUT2D eigenvalue weighted by molar-refractivity contribution is 0.411. The van der Waals surface area contributed by atoms with Crippen LogP contribution in [0, 0.1) is 6.92 Å². The average Bonchev–Trinajstić information content (AvgIpc) is 2.76. The number of likely N-dealkylation sites (tertiary alicyclic amines) is 1. The van der Waals surface area contributed by atoms with Crippen LogP contribution in [0.25, 0.3) is 10.8 Å². The number of rotatable bonds is 1. The number of hydrogen-bond acceptors (Lipinski definition) is 2. The van der Waals surface area contributed by atoms with Crippen molar-refractivity contribution in [2.24, 2.45) is 0 Å². The van der Waals surface area contributed by atoms with Crippen LogP contribution in [-0.4, -0.2) is 30.0 Å². The van der Waals surface area contributed by atoms with Crippen molar-refractivity contribution in [2.45, 2.75) is 19.3 Å². The SMILES string of the molecule is Cc1[nH]c(=O)c2ccccc2c1C1CCN(C)C1. The summed E-state index contributed by atoms with van der Waals surface area (Å²) < 4.78 is 0. The van der Waals surface area contributed by atoms with Crippen molar-refractivity contribution in [2.75, 3.05) is 20.1 Å². The molecular formula is C15H18N2O. The van der Waals surface area contributed by atoms with E-state index >= 15 is 0 Å². The fraction of sp³-hybridized carbons (Fsp3) is 0.400. The second-order valence-electron chi connectivity index (χ2n) is 5.29. The lowest BCUT2D eigenvalue weighted by atomic mass is 9.92. The lowest BCUT2D eigenvalue weighted by Crippen LogP contribution is -2.16. The van der Waals surface area contributed by atoms with E-state index in [1.54, 1.807) is 0 Å². The maximum atomic E-state index is 12.0. The Hall–Kier alpha value is -1.61. The Morgan fingerprint density at radius 1 is 1.28 bits per heavy atom. The summed E-state index contributed by atoms with van der Waals surface area (Å²) in [5.74, 6) is 0.539. The number of nitrogens with zero attached hydrogens (tertiary/aromatic N) is 1. The Morgan fingerprint density at radius 2 is 2.00 bits per heavy atom. The summed E-state index contributed by atoms with van der Waals surface area (Å²) in [4.78, 5) is 17.3. The predicted molar refractivity (Wildman–Crippen MR) is 74.2 cm³/mol. The first kappa shape index (κ1) is 11.5. The number of fused-ring (bicyclic) bond motifs is 1. The molecule has 1 unspecified atom stereocenters. The number of hydrogen-bond donors (Lipinski definition) is 1. The van der Waals surface area contributed by atoms with Crippen LogP contribution in [0.4, 0.5) is 0 Å². The van der Waals surface area contributed by atoms with Gasteiger partial charge in [0.15, 0.2) is 0 Å². The normalized spacial score (nSPS) is 20.7. The summed E-state index contributed by atoms with van der Waals surface area (Å²) in [6.07, 6.45) is 1.17. The summed E-state index contributed by atoms with van der Waals surface area (Å²) >= 11 is 0. The van der Waals surface area contributed by atoms with Crippen LogP contribution in [0.3, 0.4) is 0 Å². The molecule has 0 aliphatic carbocycles. The number of likely N-dealkylation sites (N-methyl/N-ethyl adjacent to an activating group) is 1. The summed E-state index contributed by atoms with van der Waals surface area (Å²) in [5.41, 5.74) is 2.38. The van der Waals surface area contributed by atoms with Gasteiger partial charge >= 0.3 is 0 Å². The quantitative estimate of drug-likeness (QED) is 0.832. The maximum Gasteiger partial charge on any atom is 0.256 e. The highest BCUT2D eigenvalue weighted by Crippen LogP contribution is 2.32. The first-order chi connectivity index (χ1) is 8.66. The van der Waals surface area contributed by atoms with Crippen LogP contribution < -0.4 is 5.56 Å². The minimum atomic E-state index is 0.0261. The molecule has 0 spiro atoms. The Balaban J connectivity index is 2.25. The Kier molecular flexibility index (Phi) is 2.71. The van der Waals surface area contributed by atoms with E-state index in [9.17, 15) is 4.79 Å². The van der Waals surface area contributed by atoms with Crippen molar-refractivity contribution in [1.82, 2.24) is 9.88 Å². The molecule has 2 aromatic rings. The van der Waals surface area contributed by atoms with Crippen LogP contribution in [0.1, 0.15) is 23.6 Å². The molecule has 0 radical (unpaired) electrons. The summed E-state index contributed by atoms with van der Waals surface area (Å²) in [6.45, 7) is 4.23. The van der Waals surface area contributed by atoms with Gasteiger partial charge in [0.25, 0.3) is 5.56 Å². The van der Waals surface area contributed by atoms with Crippen LogP contribution in [0.5, 0.6) is 0 Å². The Labute approximate surface area is 106 Å². The van der Waals surface area contributed by atoms with E-state index in [1.165, 1.54) is 12.0 Å². The Bertz CT molecular complexity index is 644. The topological polar surface area (TPSA) is 36.1 Å². The third-order valence-electron chi connectivity index (χ3n) is 3.97. The zero-order chi connectivity index (χ0) is 12.7. The molecule has 1 aliphatic rings. The fourth-order valence-electron chi connectivity index (χ4n) is 3.12. The van der Waals surface area contributed by atoms with Crippen molar-refractivity contribution in [3.05, 3.63) is 45.9 Å². The highest BCUT2D eigenvalue weighted by atomic mass is 16.1. The van der Waals surface area contributed by atoms with Crippen molar-refractivity contribution in [3.8, 4) is 0 Å². The van der Waals surface area contributed by atoms with Gasteiger partial charge in [-0.3, -0.25) is 4.79 Å². The minimum absolute atomic E-state index is 0.0261. The fourth-order valence-corrected chi connectivity index (χ4v) is 3.12. The van der Waals surface area contributed by atoms with Gasteiger partial charge in [-0.15, -0.1) is 0 Å². The number of pyridine rings is 1. The highest BCUT2D eigenvalue weighted by molar-refractivity contribution is 5.86. The van der Waals surface area contributed by atoms with Crippen LogP contribution >= 0.6 is 0 Å². The number of benzene rings is 1.